The van der Waals surface area contributed by atoms with E-state index in [1.165, 1.54) is 0 Å². The number of likely N-dealkylation sites (N-methyl/N-ethyl adjacent to an activating group) is 1. The van der Waals surface area contributed by atoms with Crippen LogP contribution in [-0.2, 0) is 0 Å². The van der Waals surface area contributed by atoms with E-state index in [-0.39, 0.29) is 0 Å². The molecule has 17 heavy (non-hydrogen) atoms. The molecule has 94 valence electrons. The van der Waals surface area contributed by atoms with Gasteiger partial charge in [-0.2, -0.15) is 0 Å². The van der Waals surface area contributed by atoms with Gasteiger partial charge in [0, 0.05) is 25.7 Å². The molecule has 0 spiro atoms. The highest BCUT2D eigenvalue weighted by Crippen LogP contribution is 2.31. The van der Waals surface area contributed by atoms with Gasteiger partial charge >= 0.3 is 0 Å². The molecule has 1 fully saturated rings. The molecular weight excluding hydrogens is 234 g/mol. The van der Waals surface area contributed by atoms with E-state index in [1.807, 2.05) is 12.1 Å². The van der Waals surface area contributed by atoms with Crippen molar-refractivity contribution in [3.8, 4) is 0 Å². The van der Waals surface area contributed by atoms with Crippen molar-refractivity contribution in [2.45, 2.75) is 19.9 Å². The summed E-state index contributed by atoms with van der Waals surface area (Å²) in [6, 6.07) is 6.42. The minimum absolute atomic E-state index is 0.562. The summed E-state index contributed by atoms with van der Waals surface area (Å²) in [6.45, 7) is 8.70. The van der Waals surface area contributed by atoms with Crippen molar-refractivity contribution in [1.82, 2.24) is 4.90 Å². The molecule has 0 radical (unpaired) electrons. The quantitative estimate of drug-likeness (QED) is 0.822. The summed E-state index contributed by atoms with van der Waals surface area (Å²) in [7, 11) is 0. The number of rotatable bonds is 2. The Kier molecular flexibility index (Phi) is 3.79. The molecule has 1 aromatic carbocycles. The van der Waals surface area contributed by atoms with Gasteiger partial charge in [-0.15, -0.1) is 0 Å². The molecule has 3 nitrogen and oxygen atoms in total. The second-order valence-corrected chi connectivity index (χ2v) is 5.00. The summed E-state index contributed by atoms with van der Waals surface area (Å²) >= 11 is 6.06. The van der Waals surface area contributed by atoms with Gasteiger partial charge in [-0.25, -0.2) is 0 Å². The molecule has 1 aliphatic heterocycles. The molecule has 1 heterocycles. The lowest BCUT2D eigenvalue weighted by Gasteiger charge is -2.40. The fourth-order valence-corrected chi connectivity index (χ4v) is 2.65. The molecule has 1 aromatic rings. The van der Waals surface area contributed by atoms with Crippen LogP contribution in [0.15, 0.2) is 18.2 Å². The van der Waals surface area contributed by atoms with Crippen LogP contribution in [0.5, 0.6) is 0 Å². The van der Waals surface area contributed by atoms with Crippen LogP contribution in [0, 0.1) is 0 Å². The van der Waals surface area contributed by atoms with Crippen molar-refractivity contribution in [3.63, 3.8) is 0 Å². The van der Waals surface area contributed by atoms with Crippen LogP contribution < -0.4 is 10.6 Å². The Morgan fingerprint density at radius 1 is 1.41 bits per heavy atom. The molecule has 0 saturated carbocycles. The van der Waals surface area contributed by atoms with Gasteiger partial charge in [-0.3, -0.25) is 4.90 Å². The molecule has 0 aliphatic carbocycles. The Hall–Kier alpha value is -0.930. The zero-order chi connectivity index (χ0) is 12.4. The van der Waals surface area contributed by atoms with Crippen molar-refractivity contribution < 1.29 is 0 Å². The third-order valence-electron chi connectivity index (χ3n) is 3.54. The molecule has 2 rings (SSSR count). The minimum atomic E-state index is 0.562. The highest BCUT2D eigenvalue weighted by atomic mass is 35.5. The van der Waals surface area contributed by atoms with Crippen LogP contribution >= 0.6 is 11.6 Å². The Labute approximate surface area is 108 Å². The van der Waals surface area contributed by atoms with Crippen molar-refractivity contribution in [2.24, 2.45) is 0 Å². The summed E-state index contributed by atoms with van der Waals surface area (Å²) in [6.07, 6.45) is 0. The van der Waals surface area contributed by atoms with Gasteiger partial charge in [0.1, 0.15) is 0 Å². The number of nitrogens with two attached hydrogens (primary N) is 1. The van der Waals surface area contributed by atoms with Crippen molar-refractivity contribution in [1.29, 1.82) is 0 Å². The number of halogens is 1. The lowest BCUT2D eigenvalue weighted by atomic mass is 10.1. The first kappa shape index (κ1) is 12.5. The van der Waals surface area contributed by atoms with Gasteiger partial charge in [0.2, 0.25) is 0 Å². The van der Waals surface area contributed by atoms with Gasteiger partial charge in [0.05, 0.1) is 16.4 Å². The molecule has 4 heteroatoms. The van der Waals surface area contributed by atoms with E-state index >= 15 is 0 Å². The van der Waals surface area contributed by atoms with Gasteiger partial charge in [-0.05, 0) is 25.6 Å². The van der Waals surface area contributed by atoms with Crippen LogP contribution in [0.3, 0.4) is 0 Å². The van der Waals surface area contributed by atoms with Crippen molar-refractivity contribution in [3.05, 3.63) is 23.2 Å². The first-order chi connectivity index (χ1) is 8.13. The first-order valence-electron chi connectivity index (χ1n) is 6.16. The molecule has 2 N–H and O–H groups in total. The average Bonchev–Trinajstić information content (AvgIpc) is 2.32. The van der Waals surface area contributed by atoms with Gasteiger partial charge < -0.3 is 10.6 Å². The van der Waals surface area contributed by atoms with E-state index in [2.05, 4.69) is 29.7 Å². The number of hydrogen-bond donors (Lipinski definition) is 1. The lowest BCUT2D eigenvalue weighted by molar-refractivity contribution is 0.199. The molecule has 0 aromatic heterocycles. The van der Waals surface area contributed by atoms with E-state index < -0.39 is 0 Å². The van der Waals surface area contributed by atoms with Gasteiger partial charge in [0.15, 0.2) is 0 Å². The van der Waals surface area contributed by atoms with E-state index in [4.69, 9.17) is 17.3 Å². The summed E-state index contributed by atoms with van der Waals surface area (Å²) in [5, 5.41) is 0.646. The largest absolute Gasteiger partial charge is 0.396 e. The maximum Gasteiger partial charge on any atom is 0.0741 e. The predicted molar refractivity (Wildman–Crippen MR) is 74.8 cm³/mol. The van der Waals surface area contributed by atoms with Crippen LogP contribution in [0.2, 0.25) is 5.02 Å². The number of hydrogen-bond acceptors (Lipinski definition) is 3. The zero-order valence-corrected chi connectivity index (χ0v) is 11.2. The normalized spacial score (nSPS) is 21.8. The maximum absolute atomic E-state index is 6.06. The number of nitrogens with zero attached hydrogens (tertiary/aromatic N) is 2. The molecule has 1 unspecified atom stereocenters. The highest BCUT2D eigenvalue weighted by Gasteiger charge is 2.23. The standard InChI is InChI=1S/C13H20ClN3/c1-3-16-7-8-17(9-10(16)2)12-6-4-5-11(14)13(12)15/h4-6,10H,3,7-9,15H2,1-2H3. The maximum atomic E-state index is 6.06. The Bertz CT molecular complexity index is 394. The average molecular weight is 254 g/mol. The Morgan fingerprint density at radius 2 is 2.18 bits per heavy atom. The van der Waals surface area contributed by atoms with E-state index in [0.29, 0.717) is 16.8 Å². The second-order valence-electron chi connectivity index (χ2n) is 4.60. The molecule has 0 bridgehead atoms. The molecule has 1 saturated heterocycles. The van der Waals surface area contributed by atoms with Crippen LogP contribution in [0.1, 0.15) is 13.8 Å². The molecule has 1 aliphatic rings. The van der Waals surface area contributed by atoms with Gasteiger partial charge in [-0.1, -0.05) is 24.6 Å². The monoisotopic (exact) mass is 253 g/mol. The van der Waals surface area contributed by atoms with Crippen molar-refractivity contribution in [2.75, 3.05) is 36.8 Å². The number of benzene rings is 1. The Morgan fingerprint density at radius 3 is 2.82 bits per heavy atom. The fraction of sp³-hybridized carbons (Fsp3) is 0.538. The third-order valence-corrected chi connectivity index (χ3v) is 3.87. The molecule has 0 amide bonds. The SMILES string of the molecule is CCN1CCN(c2cccc(Cl)c2N)CC1C. The number of para-hydroxylation sites is 1. The lowest BCUT2D eigenvalue weighted by Crippen LogP contribution is -2.51. The summed E-state index contributed by atoms with van der Waals surface area (Å²) in [5.74, 6) is 0. The van der Waals surface area contributed by atoms with Crippen LogP contribution in [0.4, 0.5) is 11.4 Å². The fourth-order valence-electron chi connectivity index (χ4n) is 2.49. The third kappa shape index (κ3) is 2.50. The van der Waals surface area contributed by atoms with E-state index in [1.54, 1.807) is 0 Å². The first-order valence-corrected chi connectivity index (χ1v) is 6.54. The highest BCUT2D eigenvalue weighted by molar-refractivity contribution is 6.33. The van der Waals surface area contributed by atoms with E-state index in [9.17, 15) is 0 Å². The molecular formula is C13H20ClN3. The molecule has 1 atom stereocenters. The summed E-state index contributed by atoms with van der Waals surface area (Å²) in [4.78, 5) is 4.81. The number of piperazine rings is 1. The Balaban J connectivity index is 2.16. The van der Waals surface area contributed by atoms with Gasteiger partial charge in [0.25, 0.3) is 0 Å². The van der Waals surface area contributed by atoms with E-state index in [0.717, 1.165) is 31.9 Å². The number of nitrogen functional groups attached to an aromatic ring is 1. The topological polar surface area (TPSA) is 32.5 Å². The van der Waals surface area contributed by atoms with Crippen LogP contribution in [0.25, 0.3) is 0 Å². The van der Waals surface area contributed by atoms with Crippen molar-refractivity contribution >= 4 is 23.0 Å². The second kappa shape index (κ2) is 5.15. The summed E-state index contributed by atoms with van der Waals surface area (Å²) < 4.78 is 0. The smallest absolute Gasteiger partial charge is 0.0741 e. The predicted octanol–water partition coefficient (Wildman–Crippen LogP) is 2.45. The van der Waals surface area contributed by atoms with Crippen LogP contribution in [-0.4, -0.2) is 37.1 Å². The number of anilines is 2. The zero-order valence-electron chi connectivity index (χ0n) is 10.5. The summed E-state index contributed by atoms with van der Waals surface area (Å²) in [5.41, 5.74) is 7.81. The minimum Gasteiger partial charge on any atom is -0.396 e.